The fourth-order valence-electron chi connectivity index (χ4n) is 2.90. The summed E-state index contributed by atoms with van der Waals surface area (Å²) in [7, 11) is 0. The molecule has 0 saturated heterocycles. The predicted octanol–water partition coefficient (Wildman–Crippen LogP) is 3.90. The number of nitrogens with one attached hydrogen (secondary N) is 1. The van der Waals surface area contributed by atoms with Gasteiger partial charge in [-0.1, -0.05) is 39.0 Å². The van der Waals surface area contributed by atoms with Crippen molar-refractivity contribution in [1.29, 1.82) is 0 Å². The van der Waals surface area contributed by atoms with E-state index in [-0.39, 0.29) is 5.91 Å². The van der Waals surface area contributed by atoms with Crippen LogP contribution in [0.5, 0.6) is 5.75 Å². The van der Waals surface area contributed by atoms with Crippen LogP contribution >= 0.6 is 0 Å². The first kappa shape index (κ1) is 16.7. The van der Waals surface area contributed by atoms with E-state index in [9.17, 15) is 4.79 Å². The first-order chi connectivity index (χ1) is 10.7. The Morgan fingerprint density at radius 1 is 1.23 bits per heavy atom. The molecule has 4 heteroatoms. The number of ether oxygens (including phenoxy) is 1. The molecule has 1 aromatic rings. The maximum Gasteiger partial charge on any atom is 0.251 e. The van der Waals surface area contributed by atoms with E-state index in [2.05, 4.69) is 5.32 Å². The average molecular weight is 304 g/mol. The van der Waals surface area contributed by atoms with Crippen molar-refractivity contribution < 1.29 is 9.53 Å². The summed E-state index contributed by atoms with van der Waals surface area (Å²) in [5, 5.41) is 3.16. The van der Waals surface area contributed by atoms with Crippen molar-refractivity contribution in [2.75, 3.05) is 12.3 Å². The predicted molar refractivity (Wildman–Crippen MR) is 90.2 cm³/mol. The number of amides is 1. The normalized spacial score (nSPS) is 16.6. The van der Waals surface area contributed by atoms with Gasteiger partial charge in [0.05, 0.1) is 12.3 Å². The van der Waals surface area contributed by atoms with Crippen molar-refractivity contribution in [2.45, 2.75) is 64.3 Å². The Labute approximate surface area is 133 Å². The third-order valence-electron chi connectivity index (χ3n) is 4.17. The molecular weight excluding hydrogens is 276 g/mol. The Morgan fingerprint density at radius 2 is 1.91 bits per heavy atom. The number of nitrogens with two attached hydrogens (primary N) is 1. The maximum atomic E-state index is 12.4. The van der Waals surface area contributed by atoms with Crippen LogP contribution in [0.2, 0.25) is 0 Å². The van der Waals surface area contributed by atoms with Crippen LogP contribution in [0.15, 0.2) is 18.2 Å². The Morgan fingerprint density at radius 3 is 2.55 bits per heavy atom. The van der Waals surface area contributed by atoms with Crippen molar-refractivity contribution in [1.82, 2.24) is 5.32 Å². The lowest BCUT2D eigenvalue weighted by atomic mass is 9.96. The zero-order valence-corrected chi connectivity index (χ0v) is 13.6. The first-order valence-corrected chi connectivity index (χ1v) is 8.54. The van der Waals surface area contributed by atoms with Crippen molar-refractivity contribution in [3.8, 4) is 5.75 Å². The SMILES string of the molecule is CCCOc1ccc(C(=O)NC2CCCCCCC2)cc1N. The van der Waals surface area contributed by atoms with Gasteiger partial charge in [0.15, 0.2) is 0 Å². The second-order valence-electron chi connectivity index (χ2n) is 6.12. The Bertz CT molecular complexity index is 480. The second kappa shape index (κ2) is 8.66. The molecule has 1 fully saturated rings. The number of carbonyl (C=O) groups excluding carboxylic acids is 1. The molecule has 122 valence electrons. The summed E-state index contributed by atoms with van der Waals surface area (Å²) in [6.07, 6.45) is 9.40. The molecule has 1 aromatic carbocycles. The van der Waals surface area contributed by atoms with E-state index in [4.69, 9.17) is 10.5 Å². The molecule has 0 spiro atoms. The van der Waals surface area contributed by atoms with Gasteiger partial charge < -0.3 is 15.8 Å². The quantitative estimate of drug-likeness (QED) is 0.811. The van der Waals surface area contributed by atoms with Crippen LogP contribution in [-0.4, -0.2) is 18.6 Å². The smallest absolute Gasteiger partial charge is 0.251 e. The van der Waals surface area contributed by atoms with Gasteiger partial charge in [-0.25, -0.2) is 0 Å². The molecule has 0 aliphatic heterocycles. The minimum absolute atomic E-state index is 0.0284. The lowest BCUT2D eigenvalue weighted by Gasteiger charge is -2.21. The highest BCUT2D eigenvalue weighted by atomic mass is 16.5. The lowest BCUT2D eigenvalue weighted by Crippen LogP contribution is -2.35. The topological polar surface area (TPSA) is 64.3 Å². The lowest BCUT2D eigenvalue weighted by molar-refractivity contribution is 0.0930. The van der Waals surface area contributed by atoms with Crippen LogP contribution in [0.4, 0.5) is 5.69 Å². The van der Waals surface area contributed by atoms with E-state index < -0.39 is 0 Å². The monoisotopic (exact) mass is 304 g/mol. The standard InChI is InChI=1S/C18H28N2O2/c1-2-12-22-17-11-10-14(13-16(17)19)18(21)20-15-8-6-4-3-5-7-9-15/h10-11,13,15H,2-9,12,19H2,1H3,(H,20,21). The molecule has 0 heterocycles. The van der Waals surface area contributed by atoms with Gasteiger partial charge in [0.25, 0.3) is 5.91 Å². The average Bonchev–Trinajstić information content (AvgIpc) is 2.48. The minimum Gasteiger partial charge on any atom is -0.491 e. The van der Waals surface area contributed by atoms with Gasteiger partial charge in [0.2, 0.25) is 0 Å². The van der Waals surface area contributed by atoms with E-state index in [0.717, 1.165) is 19.3 Å². The second-order valence-corrected chi connectivity index (χ2v) is 6.12. The molecule has 1 aliphatic rings. The Kier molecular flexibility index (Phi) is 6.56. The van der Waals surface area contributed by atoms with E-state index in [1.165, 1.54) is 32.1 Å². The largest absolute Gasteiger partial charge is 0.491 e. The molecular formula is C18H28N2O2. The molecule has 1 amide bonds. The van der Waals surface area contributed by atoms with Crippen LogP contribution in [0.25, 0.3) is 0 Å². The van der Waals surface area contributed by atoms with Gasteiger partial charge in [-0.05, 0) is 37.5 Å². The summed E-state index contributed by atoms with van der Waals surface area (Å²) in [5.41, 5.74) is 7.11. The van der Waals surface area contributed by atoms with Crippen LogP contribution in [-0.2, 0) is 0 Å². The Hall–Kier alpha value is -1.71. The van der Waals surface area contributed by atoms with Crippen LogP contribution < -0.4 is 15.8 Å². The molecule has 0 atom stereocenters. The van der Waals surface area contributed by atoms with Crippen LogP contribution in [0.1, 0.15) is 68.6 Å². The number of anilines is 1. The molecule has 1 saturated carbocycles. The summed E-state index contributed by atoms with van der Waals surface area (Å²) in [4.78, 5) is 12.4. The minimum atomic E-state index is -0.0284. The molecule has 4 nitrogen and oxygen atoms in total. The molecule has 2 rings (SSSR count). The number of rotatable bonds is 5. The van der Waals surface area contributed by atoms with Gasteiger partial charge in [0, 0.05) is 11.6 Å². The van der Waals surface area contributed by atoms with Gasteiger partial charge in [-0.2, -0.15) is 0 Å². The molecule has 0 unspecified atom stereocenters. The van der Waals surface area contributed by atoms with E-state index in [1.54, 1.807) is 18.2 Å². The summed E-state index contributed by atoms with van der Waals surface area (Å²) in [6, 6.07) is 5.59. The highest BCUT2D eigenvalue weighted by molar-refractivity contribution is 5.95. The summed E-state index contributed by atoms with van der Waals surface area (Å²) in [5.74, 6) is 0.628. The van der Waals surface area contributed by atoms with Gasteiger partial charge in [-0.15, -0.1) is 0 Å². The first-order valence-electron chi connectivity index (χ1n) is 8.54. The Balaban J connectivity index is 1.95. The highest BCUT2D eigenvalue weighted by Gasteiger charge is 2.16. The zero-order valence-electron chi connectivity index (χ0n) is 13.6. The van der Waals surface area contributed by atoms with E-state index >= 15 is 0 Å². The van der Waals surface area contributed by atoms with Gasteiger partial charge in [0.1, 0.15) is 5.75 Å². The molecule has 22 heavy (non-hydrogen) atoms. The van der Waals surface area contributed by atoms with Crippen molar-refractivity contribution in [2.24, 2.45) is 0 Å². The molecule has 0 aromatic heterocycles. The third-order valence-corrected chi connectivity index (χ3v) is 4.17. The number of nitrogen functional groups attached to an aromatic ring is 1. The molecule has 0 radical (unpaired) electrons. The van der Waals surface area contributed by atoms with E-state index in [1.807, 2.05) is 6.92 Å². The van der Waals surface area contributed by atoms with Gasteiger partial charge in [-0.3, -0.25) is 4.79 Å². The summed E-state index contributed by atoms with van der Waals surface area (Å²) < 4.78 is 5.54. The molecule has 0 bridgehead atoms. The van der Waals surface area contributed by atoms with Crippen molar-refractivity contribution in [3.05, 3.63) is 23.8 Å². The zero-order chi connectivity index (χ0) is 15.8. The van der Waals surface area contributed by atoms with Gasteiger partial charge >= 0.3 is 0 Å². The van der Waals surface area contributed by atoms with E-state index in [0.29, 0.717) is 29.6 Å². The number of hydrogen-bond donors (Lipinski definition) is 2. The molecule has 3 N–H and O–H groups in total. The number of benzene rings is 1. The third kappa shape index (κ3) is 4.93. The maximum absolute atomic E-state index is 12.4. The summed E-state index contributed by atoms with van der Waals surface area (Å²) in [6.45, 7) is 2.69. The van der Waals surface area contributed by atoms with Crippen LogP contribution in [0.3, 0.4) is 0 Å². The fraction of sp³-hybridized carbons (Fsp3) is 0.611. The summed E-state index contributed by atoms with van der Waals surface area (Å²) >= 11 is 0. The van der Waals surface area contributed by atoms with Crippen LogP contribution in [0, 0.1) is 0 Å². The number of carbonyl (C=O) groups is 1. The molecule has 1 aliphatic carbocycles. The number of hydrogen-bond acceptors (Lipinski definition) is 3. The highest BCUT2D eigenvalue weighted by Crippen LogP contribution is 2.23. The van der Waals surface area contributed by atoms with Crippen molar-refractivity contribution in [3.63, 3.8) is 0 Å². The fourth-order valence-corrected chi connectivity index (χ4v) is 2.90. The van der Waals surface area contributed by atoms with Crippen molar-refractivity contribution >= 4 is 11.6 Å².